The van der Waals surface area contributed by atoms with Gasteiger partial charge in [-0.1, -0.05) is 11.6 Å². The zero-order chi connectivity index (χ0) is 19.6. The number of anilines is 1. The van der Waals surface area contributed by atoms with E-state index in [1.807, 2.05) is 6.07 Å². The number of phenols is 1. The minimum absolute atomic E-state index is 0.0392. The third-order valence-corrected chi connectivity index (χ3v) is 4.35. The van der Waals surface area contributed by atoms with E-state index in [9.17, 15) is 5.11 Å². The molecular weight excluding hydrogens is 342 g/mol. The summed E-state index contributed by atoms with van der Waals surface area (Å²) < 4.78 is 10.3. The highest BCUT2D eigenvalue weighted by Gasteiger charge is 2.10. The second kappa shape index (κ2) is 7.53. The highest BCUT2D eigenvalue weighted by Crippen LogP contribution is 2.36. The van der Waals surface area contributed by atoms with Gasteiger partial charge in [0, 0.05) is 10.9 Å². The minimum atomic E-state index is -0.0392. The molecule has 0 aliphatic rings. The molecule has 0 atom stereocenters. The number of fused-ring (bicyclic) bond motifs is 1. The fourth-order valence-electron chi connectivity index (χ4n) is 3.06. The fraction of sp³-hybridized carbons (Fsp3) is 0.238. The molecule has 0 fully saturated rings. The first-order valence-electron chi connectivity index (χ1n) is 8.55. The van der Waals surface area contributed by atoms with Gasteiger partial charge in [-0.3, -0.25) is 5.43 Å². The number of aryl methyl sites for hydroxylation is 3. The van der Waals surface area contributed by atoms with Crippen molar-refractivity contribution in [2.45, 2.75) is 20.8 Å². The molecule has 0 aliphatic carbocycles. The Morgan fingerprint density at radius 3 is 2.26 bits per heavy atom. The van der Waals surface area contributed by atoms with Crippen LogP contribution in [0.25, 0.3) is 10.9 Å². The number of ether oxygens (including phenoxy) is 2. The Bertz CT molecular complexity index is 1000. The number of nitrogens with one attached hydrogen (secondary N) is 1. The van der Waals surface area contributed by atoms with Crippen LogP contribution in [-0.4, -0.2) is 30.5 Å². The maximum absolute atomic E-state index is 9.97. The van der Waals surface area contributed by atoms with E-state index in [0.29, 0.717) is 17.3 Å². The fourth-order valence-corrected chi connectivity index (χ4v) is 3.06. The van der Waals surface area contributed by atoms with Crippen LogP contribution in [0.15, 0.2) is 35.4 Å². The number of aromatic nitrogens is 1. The third kappa shape index (κ3) is 3.79. The number of rotatable bonds is 5. The van der Waals surface area contributed by atoms with Gasteiger partial charge in [0.25, 0.3) is 0 Å². The zero-order valence-electron chi connectivity index (χ0n) is 16.1. The number of hydrazone groups is 1. The Kier molecular flexibility index (Phi) is 5.16. The molecule has 0 unspecified atom stereocenters. The second-order valence-corrected chi connectivity index (χ2v) is 6.45. The number of methoxy groups -OCH3 is 2. The van der Waals surface area contributed by atoms with Gasteiger partial charge in [0.15, 0.2) is 11.5 Å². The van der Waals surface area contributed by atoms with E-state index in [1.54, 1.807) is 18.3 Å². The van der Waals surface area contributed by atoms with Gasteiger partial charge in [-0.25, -0.2) is 4.98 Å². The van der Waals surface area contributed by atoms with Crippen LogP contribution < -0.4 is 14.9 Å². The van der Waals surface area contributed by atoms with Crippen molar-refractivity contribution >= 4 is 22.9 Å². The van der Waals surface area contributed by atoms with Gasteiger partial charge in [-0.05, 0) is 56.2 Å². The Morgan fingerprint density at radius 2 is 1.63 bits per heavy atom. The predicted octanol–water partition coefficient (Wildman–Crippen LogP) is 4.33. The summed E-state index contributed by atoms with van der Waals surface area (Å²) in [6.07, 6.45) is 1.62. The molecular formula is C21H23N3O3. The summed E-state index contributed by atoms with van der Waals surface area (Å²) in [6.45, 7) is 6.21. The van der Waals surface area contributed by atoms with Gasteiger partial charge in [-0.2, -0.15) is 5.10 Å². The van der Waals surface area contributed by atoms with Gasteiger partial charge in [0.05, 0.1) is 26.0 Å². The lowest BCUT2D eigenvalue weighted by atomic mass is 10.0. The number of phenolic OH excluding ortho intramolecular Hbond substituents is 1. The van der Waals surface area contributed by atoms with Crippen molar-refractivity contribution in [1.29, 1.82) is 0 Å². The van der Waals surface area contributed by atoms with Crippen LogP contribution in [-0.2, 0) is 0 Å². The average molecular weight is 365 g/mol. The van der Waals surface area contributed by atoms with Crippen LogP contribution in [0.4, 0.5) is 5.82 Å². The van der Waals surface area contributed by atoms with Crippen LogP contribution in [0.2, 0.25) is 0 Å². The molecule has 2 aromatic carbocycles. The molecule has 3 aromatic rings. The molecule has 140 valence electrons. The number of benzene rings is 2. The molecule has 0 saturated heterocycles. The molecule has 0 radical (unpaired) electrons. The van der Waals surface area contributed by atoms with Crippen molar-refractivity contribution in [2.75, 3.05) is 19.6 Å². The van der Waals surface area contributed by atoms with Crippen molar-refractivity contribution in [2.24, 2.45) is 5.10 Å². The molecule has 1 aromatic heterocycles. The van der Waals surface area contributed by atoms with E-state index in [2.05, 4.69) is 48.4 Å². The van der Waals surface area contributed by atoms with E-state index >= 15 is 0 Å². The molecule has 0 spiro atoms. The molecule has 2 N–H and O–H groups in total. The van der Waals surface area contributed by atoms with Crippen LogP contribution in [0, 0.1) is 20.8 Å². The van der Waals surface area contributed by atoms with E-state index < -0.39 is 0 Å². The Hall–Kier alpha value is -3.28. The summed E-state index contributed by atoms with van der Waals surface area (Å²) in [4.78, 5) is 4.68. The summed E-state index contributed by atoms with van der Waals surface area (Å²) in [6, 6.07) is 9.59. The van der Waals surface area contributed by atoms with E-state index in [1.165, 1.54) is 19.8 Å². The molecule has 0 saturated carbocycles. The molecule has 6 heteroatoms. The quantitative estimate of drug-likeness (QED) is 0.520. The highest BCUT2D eigenvalue weighted by molar-refractivity contribution is 5.87. The SMILES string of the molecule is COc1cc(C=NNc2cc(C)c3cc(C)cc(C)c3n2)cc(OC)c1O. The molecule has 0 bridgehead atoms. The lowest BCUT2D eigenvalue weighted by Gasteiger charge is -2.10. The third-order valence-electron chi connectivity index (χ3n) is 4.35. The smallest absolute Gasteiger partial charge is 0.200 e. The van der Waals surface area contributed by atoms with Crippen LogP contribution in [0.1, 0.15) is 22.3 Å². The van der Waals surface area contributed by atoms with Crippen molar-refractivity contribution in [1.82, 2.24) is 4.98 Å². The first-order chi connectivity index (χ1) is 12.9. The maximum Gasteiger partial charge on any atom is 0.200 e. The van der Waals surface area contributed by atoms with Crippen molar-refractivity contribution in [3.8, 4) is 17.2 Å². The molecule has 0 amide bonds. The highest BCUT2D eigenvalue weighted by atomic mass is 16.5. The van der Waals surface area contributed by atoms with Crippen LogP contribution in [0.5, 0.6) is 17.2 Å². The Balaban J connectivity index is 1.89. The van der Waals surface area contributed by atoms with Crippen LogP contribution >= 0.6 is 0 Å². The van der Waals surface area contributed by atoms with Gasteiger partial charge in [-0.15, -0.1) is 0 Å². The minimum Gasteiger partial charge on any atom is -0.502 e. The summed E-state index contributed by atoms with van der Waals surface area (Å²) in [5, 5.41) is 15.4. The molecule has 3 rings (SSSR count). The van der Waals surface area contributed by atoms with Crippen LogP contribution in [0.3, 0.4) is 0 Å². The lowest BCUT2D eigenvalue weighted by Crippen LogP contribution is -1.98. The van der Waals surface area contributed by atoms with Gasteiger partial charge in [0.1, 0.15) is 5.82 Å². The van der Waals surface area contributed by atoms with E-state index in [4.69, 9.17) is 9.47 Å². The van der Waals surface area contributed by atoms with E-state index in [-0.39, 0.29) is 5.75 Å². The number of hydrogen-bond donors (Lipinski definition) is 2. The number of hydrogen-bond acceptors (Lipinski definition) is 6. The number of aromatic hydroxyl groups is 1. The standard InChI is InChI=1S/C21H23N3O3/c1-12-6-14(3)20-16(7-12)13(2)8-19(23-20)24-22-11-15-9-17(26-4)21(25)18(10-15)27-5/h6-11,25H,1-5H3,(H,23,24). The largest absolute Gasteiger partial charge is 0.502 e. The van der Waals surface area contributed by atoms with E-state index in [0.717, 1.165) is 27.6 Å². The topological polar surface area (TPSA) is 76.0 Å². The number of pyridine rings is 1. The second-order valence-electron chi connectivity index (χ2n) is 6.45. The van der Waals surface area contributed by atoms with Gasteiger partial charge < -0.3 is 14.6 Å². The monoisotopic (exact) mass is 365 g/mol. The van der Waals surface area contributed by atoms with Gasteiger partial charge in [0.2, 0.25) is 5.75 Å². The average Bonchev–Trinajstić information content (AvgIpc) is 2.63. The number of nitrogens with zero attached hydrogens (tertiary/aromatic N) is 2. The summed E-state index contributed by atoms with van der Waals surface area (Å²) in [7, 11) is 2.97. The van der Waals surface area contributed by atoms with Crippen molar-refractivity contribution in [3.63, 3.8) is 0 Å². The Morgan fingerprint density at radius 1 is 0.963 bits per heavy atom. The Labute approximate surface area is 158 Å². The van der Waals surface area contributed by atoms with Crippen molar-refractivity contribution in [3.05, 3.63) is 52.6 Å². The molecule has 6 nitrogen and oxygen atoms in total. The first-order valence-corrected chi connectivity index (χ1v) is 8.55. The predicted molar refractivity (Wildman–Crippen MR) is 108 cm³/mol. The molecule has 1 heterocycles. The normalized spacial score (nSPS) is 11.1. The molecule has 27 heavy (non-hydrogen) atoms. The molecule has 0 aliphatic heterocycles. The lowest BCUT2D eigenvalue weighted by molar-refractivity contribution is 0.340. The van der Waals surface area contributed by atoms with Gasteiger partial charge >= 0.3 is 0 Å². The van der Waals surface area contributed by atoms with Crippen molar-refractivity contribution < 1.29 is 14.6 Å². The zero-order valence-corrected chi connectivity index (χ0v) is 16.1. The first kappa shape index (κ1) is 18.5. The maximum atomic E-state index is 9.97. The summed E-state index contributed by atoms with van der Waals surface area (Å²) >= 11 is 0. The summed E-state index contributed by atoms with van der Waals surface area (Å²) in [5.74, 6) is 1.27. The summed E-state index contributed by atoms with van der Waals surface area (Å²) in [5.41, 5.74) is 8.15.